The van der Waals surface area contributed by atoms with Crippen molar-refractivity contribution in [2.24, 2.45) is 5.41 Å². The molecule has 0 unspecified atom stereocenters. The van der Waals surface area contributed by atoms with Crippen molar-refractivity contribution in [1.29, 1.82) is 0 Å². The van der Waals surface area contributed by atoms with Gasteiger partial charge in [-0.3, -0.25) is 14.7 Å². The molecular weight excluding hydrogens is 460 g/mol. The SMILES string of the molecule is C#C[C@H](c1cccc(C(=O)NC2(C)CC2)c1)N1Cc2cc(-c3n[nH]c4c3CCC(C)(C)C4)ccc2C1=O. The van der Waals surface area contributed by atoms with E-state index in [-0.39, 0.29) is 22.8 Å². The first kappa shape index (κ1) is 23.5. The van der Waals surface area contributed by atoms with Gasteiger partial charge in [0.25, 0.3) is 11.8 Å². The number of nitrogens with one attached hydrogen (secondary N) is 2. The number of fused-ring (bicyclic) bond motifs is 2. The highest BCUT2D eigenvalue weighted by Gasteiger charge is 2.39. The average molecular weight is 493 g/mol. The first-order valence-electron chi connectivity index (χ1n) is 13.1. The van der Waals surface area contributed by atoms with Gasteiger partial charge in [-0.05, 0) is 79.8 Å². The minimum absolute atomic E-state index is 0.0874. The standard InChI is InChI=1S/C31H32N4O2/c1-5-26(19-7-6-8-21(15-19)28(36)32-31(4)13-14-31)35-18-22-16-20(9-10-23(22)29(35)37)27-24-11-12-30(2,3)17-25(24)33-34-27/h1,6-10,15-16,26H,11-14,17-18H2,2-4H3,(H,32,36)(H,33,34)/t26-/m1/s1. The molecule has 6 nitrogen and oxygen atoms in total. The molecule has 3 aliphatic rings. The van der Waals surface area contributed by atoms with E-state index in [4.69, 9.17) is 6.42 Å². The maximum atomic E-state index is 13.4. The smallest absolute Gasteiger partial charge is 0.255 e. The lowest BCUT2D eigenvalue weighted by Crippen LogP contribution is -2.34. The molecule has 1 aliphatic heterocycles. The Bertz CT molecular complexity index is 1470. The molecule has 1 atom stereocenters. The second kappa shape index (κ2) is 8.34. The molecule has 2 aliphatic carbocycles. The van der Waals surface area contributed by atoms with Gasteiger partial charge in [0.05, 0.1) is 5.69 Å². The Hall–Kier alpha value is -3.85. The van der Waals surface area contributed by atoms with Crippen LogP contribution in [0.3, 0.4) is 0 Å². The molecule has 2 amide bonds. The van der Waals surface area contributed by atoms with E-state index in [1.165, 1.54) is 11.3 Å². The third-order valence-corrected chi connectivity index (χ3v) is 8.22. The van der Waals surface area contributed by atoms with Crippen LogP contribution in [0, 0.1) is 17.8 Å². The van der Waals surface area contributed by atoms with Crippen LogP contribution in [0.4, 0.5) is 0 Å². The molecule has 1 saturated carbocycles. The Morgan fingerprint density at radius 1 is 1.16 bits per heavy atom. The first-order chi connectivity index (χ1) is 17.7. The molecule has 37 heavy (non-hydrogen) atoms. The molecule has 6 rings (SSSR count). The topological polar surface area (TPSA) is 78.1 Å². The number of carbonyl (C=O) groups is 2. The van der Waals surface area contributed by atoms with Crippen LogP contribution in [-0.2, 0) is 19.4 Å². The number of amides is 2. The van der Waals surface area contributed by atoms with Gasteiger partial charge in [-0.25, -0.2) is 0 Å². The number of terminal acetylenes is 1. The largest absolute Gasteiger partial charge is 0.347 e. The predicted octanol–water partition coefficient (Wildman–Crippen LogP) is 5.20. The minimum Gasteiger partial charge on any atom is -0.347 e. The van der Waals surface area contributed by atoms with Crippen molar-refractivity contribution in [3.63, 3.8) is 0 Å². The summed E-state index contributed by atoms with van der Waals surface area (Å²) >= 11 is 0. The number of aromatic nitrogens is 2. The molecule has 1 fully saturated rings. The van der Waals surface area contributed by atoms with Crippen molar-refractivity contribution in [2.75, 3.05) is 0 Å². The third kappa shape index (κ3) is 4.23. The second-order valence-corrected chi connectivity index (χ2v) is 11.9. The van der Waals surface area contributed by atoms with Gasteiger partial charge in [-0.15, -0.1) is 6.42 Å². The third-order valence-electron chi connectivity index (χ3n) is 8.22. The van der Waals surface area contributed by atoms with Gasteiger partial charge in [0.1, 0.15) is 6.04 Å². The summed E-state index contributed by atoms with van der Waals surface area (Å²) < 4.78 is 0. The summed E-state index contributed by atoms with van der Waals surface area (Å²) in [5.41, 5.74) is 7.63. The Balaban J connectivity index is 1.26. The zero-order valence-corrected chi connectivity index (χ0v) is 21.6. The maximum absolute atomic E-state index is 13.4. The van der Waals surface area contributed by atoms with E-state index < -0.39 is 6.04 Å². The van der Waals surface area contributed by atoms with E-state index in [1.54, 1.807) is 11.0 Å². The van der Waals surface area contributed by atoms with Crippen LogP contribution in [-0.4, -0.2) is 32.5 Å². The number of hydrogen-bond donors (Lipinski definition) is 2. The van der Waals surface area contributed by atoms with E-state index in [0.717, 1.165) is 54.5 Å². The monoisotopic (exact) mass is 492 g/mol. The summed E-state index contributed by atoms with van der Waals surface area (Å²) in [6.45, 7) is 7.06. The highest BCUT2D eigenvalue weighted by Crippen LogP contribution is 2.39. The first-order valence-corrected chi connectivity index (χ1v) is 13.1. The number of nitrogens with zero attached hydrogens (tertiary/aromatic N) is 2. The van der Waals surface area contributed by atoms with Gasteiger partial charge in [-0.1, -0.05) is 38.0 Å². The molecule has 2 aromatic carbocycles. The van der Waals surface area contributed by atoms with Crippen LogP contribution in [0.15, 0.2) is 42.5 Å². The summed E-state index contributed by atoms with van der Waals surface area (Å²) in [5, 5.41) is 11.0. The van der Waals surface area contributed by atoms with Crippen molar-refractivity contribution >= 4 is 11.8 Å². The molecular formula is C31H32N4O2. The fourth-order valence-corrected chi connectivity index (χ4v) is 5.66. The molecule has 0 saturated heterocycles. The maximum Gasteiger partial charge on any atom is 0.255 e. The molecule has 3 aromatic rings. The van der Waals surface area contributed by atoms with E-state index >= 15 is 0 Å². The fourth-order valence-electron chi connectivity index (χ4n) is 5.66. The van der Waals surface area contributed by atoms with Gasteiger partial charge in [0.15, 0.2) is 0 Å². The van der Waals surface area contributed by atoms with Crippen LogP contribution in [0.1, 0.15) is 89.2 Å². The van der Waals surface area contributed by atoms with Crippen LogP contribution in [0.2, 0.25) is 0 Å². The molecule has 2 N–H and O–H groups in total. The van der Waals surface area contributed by atoms with Crippen molar-refractivity contribution in [3.05, 3.63) is 76.0 Å². The zero-order valence-electron chi connectivity index (χ0n) is 21.6. The average Bonchev–Trinajstić information content (AvgIpc) is 3.31. The van der Waals surface area contributed by atoms with Crippen molar-refractivity contribution in [3.8, 4) is 23.6 Å². The number of hydrogen-bond acceptors (Lipinski definition) is 3. The molecule has 0 radical (unpaired) electrons. The van der Waals surface area contributed by atoms with Crippen LogP contribution in [0.25, 0.3) is 11.3 Å². The number of aromatic amines is 1. The Morgan fingerprint density at radius 2 is 1.97 bits per heavy atom. The number of rotatable bonds is 5. The van der Waals surface area contributed by atoms with Gasteiger partial charge in [0.2, 0.25) is 0 Å². The van der Waals surface area contributed by atoms with E-state index in [9.17, 15) is 9.59 Å². The summed E-state index contributed by atoms with van der Waals surface area (Å²) in [7, 11) is 0. The van der Waals surface area contributed by atoms with Crippen molar-refractivity contribution in [2.45, 2.75) is 71.0 Å². The van der Waals surface area contributed by atoms with E-state index in [2.05, 4.69) is 41.3 Å². The number of H-pyrrole nitrogens is 1. The summed E-state index contributed by atoms with van der Waals surface area (Å²) in [6, 6.07) is 12.7. The molecule has 0 spiro atoms. The molecule has 188 valence electrons. The Labute approximate surface area is 217 Å². The van der Waals surface area contributed by atoms with E-state index in [0.29, 0.717) is 17.7 Å². The molecule has 6 heteroatoms. The van der Waals surface area contributed by atoms with Gasteiger partial charge in [0, 0.05) is 40.0 Å². The van der Waals surface area contributed by atoms with Crippen LogP contribution < -0.4 is 5.32 Å². The minimum atomic E-state index is -0.562. The van der Waals surface area contributed by atoms with Crippen LogP contribution >= 0.6 is 0 Å². The highest BCUT2D eigenvalue weighted by atomic mass is 16.2. The summed E-state index contributed by atoms with van der Waals surface area (Å²) in [6.07, 6.45) is 11.1. The van der Waals surface area contributed by atoms with Gasteiger partial charge >= 0.3 is 0 Å². The van der Waals surface area contributed by atoms with Gasteiger partial charge < -0.3 is 10.2 Å². The predicted molar refractivity (Wildman–Crippen MR) is 143 cm³/mol. The quantitative estimate of drug-likeness (QED) is 0.481. The lowest BCUT2D eigenvalue weighted by molar-refractivity contribution is 0.0742. The second-order valence-electron chi connectivity index (χ2n) is 11.9. The lowest BCUT2D eigenvalue weighted by Gasteiger charge is -2.29. The van der Waals surface area contributed by atoms with Crippen LogP contribution in [0.5, 0.6) is 0 Å². The van der Waals surface area contributed by atoms with Gasteiger partial charge in [-0.2, -0.15) is 5.10 Å². The number of carbonyl (C=O) groups excluding carboxylic acids is 2. The Kier molecular flexibility index (Phi) is 5.31. The lowest BCUT2D eigenvalue weighted by atomic mass is 9.76. The molecule has 1 aromatic heterocycles. The fraction of sp³-hybridized carbons (Fsp3) is 0.387. The van der Waals surface area contributed by atoms with Crippen molar-refractivity contribution in [1.82, 2.24) is 20.4 Å². The summed E-state index contributed by atoms with van der Waals surface area (Å²) in [5.74, 6) is 2.60. The zero-order chi connectivity index (χ0) is 25.9. The number of benzene rings is 2. The summed E-state index contributed by atoms with van der Waals surface area (Å²) in [4.78, 5) is 27.9. The Morgan fingerprint density at radius 3 is 2.73 bits per heavy atom. The van der Waals surface area contributed by atoms with E-state index in [1.807, 2.05) is 37.3 Å². The van der Waals surface area contributed by atoms with Crippen molar-refractivity contribution < 1.29 is 9.59 Å². The normalized spacial score (nSPS) is 19.5. The highest BCUT2D eigenvalue weighted by molar-refractivity contribution is 5.99. The molecule has 0 bridgehead atoms. The molecule has 2 heterocycles.